The minimum absolute atomic E-state index is 0. The Morgan fingerprint density at radius 2 is 2.07 bits per heavy atom. The van der Waals surface area contributed by atoms with Crippen LogP contribution < -0.4 is 15.5 Å². The molecule has 1 unspecified atom stereocenters. The third kappa shape index (κ3) is 8.02. The minimum atomic E-state index is 0. The average Bonchev–Trinajstić information content (AvgIpc) is 2.74. The molecule has 29 heavy (non-hydrogen) atoms. The summed E-state index contributed by atoms with van der Waals surface area (Å²) < 4.78 is 5.59. The molecule has 1 atom stereocenters. The maximum atomic E-state index is 5.59. The van der Waals surface area contributed by atoms with Crippen LogP contribution in [0.4, 0.5) is 5.82 Å². The zero-order valence-electron chi connectivity index (χ0n) is 17.0. The Morgan fingerprint density at radius 3 is 2.76 bits per heavy atom. The van der Waals surface area contributed by atoms with Gasteiger partial charge in [0.05, 0.1) is 12.7 Å². The molecule has 1 aromatic heterocycles. The second kappa shape index (κ2) is 12.9. The van der Waals surface area contributed by atoms with Gasteiger partial charge in [-0.2, -0.15) is 0 Å². The summed E-state index contributed by atoms with van der Waals surface area (Å²) in [5.74, 6) is 2.80. The van der Waals surface area contributed by atoms with E-state index < -0.39 is 0 Å². The molecule has 8 heteroatoms. The quantitative estimate of drug-likeness (QED) is 0.189. The van der Waals surface area contributed by atoms with Crippen LogP contribution in [0.25, 0.3) is 0 Å². The summed E-state index contributed by atoms with van der Waals surface area (Å²) in [6, 6.07) is 14.6. The van der Waals surface area contributed by atoms with Gasteiger partial charge in [-0.3, -0.25) is 4.99 Å². The van der Waals surface area contributed by atoms with Crippen LogP contribution in [-0.2, 0) is 11.3 Å². The lowest BCUT2D eigenvalue weighted by Gasteiger charge is -2.32. The lowest BCUT2D eigenvalue weighted by atomic mass is 10.2. The van der Waals surface area contributed by atoms with Crippen LogP contribution in [0.15, 0.2) is 58.5 Å². The molecule has 0 aliphatic carbocycles. The second-order valence-electron chi connectivity index (χ2n) is 6.67. The zero-order valence-corrected chi connectivity index (χ0v) is 20.2. The van der Waals surface area contributed by atoms with Crippen LogP contribution in [0, 0.1) is 0 Å². The number of halogens is 1. The maximum Gasteiger partial charge on any atom is 0.191 e. The van der Waals surface area contributed by atoms with Gasteiger partial charge in [0, 0.05) is 50.1 Å². The summed E-state index contributed by atoms with van der Waals surface area (Å²) in [7, 11) is 1.79. The lowest BCUT2D eigenvalue weighted by Crippen LogP contribution is -2.41. The molecule has 0 bridgehead atoms. The predicted molar refractivity (Wildman–Crippen MR) is 133 cm³/mol. The van der Waals surface area contributed by atoms with E-state index in [9.17, 15) is 0 Å². The number of nitrogens with one attached hydrogen (secondary N) is 2. The largest absolute Gasteiger partial charge is 0.375 e. The molecule has 2 aromatic rings. The van der Waals surface area contributed by atoms with Crippen LogP contribution in [0.2, 0.25) is 0 Å². The first kappa shape index (κ1) is 23.8. The van der Waals surface area contributed by atoms with E-state index in [1.54, 1.807) is 7.05 Å². The molecule has 1 aromatic carbocycles. The Balaban J connectivity index is 0.00000300. The van der Waals surface area contributed by atoms with E-state index in [0.29, 0.717) is 6.54 Å². The molecule has 0 amide bonds. The van der Waals surface area contributed by atoms with Crippen LogP contribution >= 0.6 is 35.7 Å². The van der Waals surface area contributed by atoms with Gasteiger partial charge in [0.2, 0.25) is 0 Å². The highest BCUT2D eigenvalue weighted by Crippen LogP contribution is 2.16. The van der Waals surface area contributed by atoms with Crippen molar-refractivity contribution >= 4 is 47.5 Å². The highest BCUT2D eigenvalue weighted by atomic mass is 127. The van der Waals surface area contributed by atoms with Gasteiger partial charge in [0.25, 0.3) is 0 Å². The van der Waals surface area contributed by atoms with E-state index in [2.05, 4.69) is 68.8 Å². The number of morpholine rings is 1. The Bertz CT molecular complexity index is 744. The number of thioether (sulfide) groups is 1. The summed E-state index contributed by atoms with van der Waals surface area (Å²) in [4.78, 5) is 12.5. The minimum Gasteiger partial charge on any atom is -0.375 e. The first-order chi connectivity index (χ1) is 13.7. The van der Waals surface area contributed by atoms with Crippen molar-refractivity contribution in [3.63, 3.8) is 0 Å². The van der Waals surface area contributed by atoms with E-state index in [4.69, 9.17) is 4.74 Å². The van der Waals surface area contributed by atoms with Gasteiger partial charge in [-0.1, -0.05) is 24.3 Å². The van der Waals surface area contributed by atoms with Crippen molar-refractivity contribution in [1.82, 2.24) is 15.6 Å². The van der Waals surface area contributed by atoms with Crippen molar-refractivity contribution in [2.45, 2.75) is 24.5 Å². The van der Waals surface area contributed by atoms with Gasteiger partial charge in [0.1, 0.15) is 5.82 Å². The smallest absolute Gasteiger partial charge is 0.191 e. The second-order valence-corrected chi connectivity index (χ2v) is 7.83. The first-order valence-electron chi connectivity index (χ1n) is 9.68. The Kier molecular flexibility index (Phi) is 10.6. The van der Waals surface area contributed by atoms with Gasteiger partial charge in [-0.15, -0.1) is 35.7 Å². The van der Waals surface area contributed by atoms with Crippen LogP contribution in [0.1, 0.15) is 12.5 Å². The van der Waals surface area contributed by atoms with Gasteiger partial charge in [0.15, 0.2) is 5.96 Å². The number of benzene rings is 1. The van der Waals surface area contributed by atoms with E-state index >= 15 is 0 Å². The molecule has 158 valence electrons. The fourth-order valence-electron chi connectivity index (χ4n) is 3.00. The number of hydrogen-bond donors (Lipinski definition) is 2. The molecule has 1 saturated heterocycles. The topological polar surface area (TPSA) is 61.8 Å². The van der Waals surface area contributed by atoms with E-state index in [0.717, 1.165) is 49.3 Å². The fraction of sp³-hybridized carbons (Fsp3) is 0.429. The van der Waals surface area contributed by atoms with Crippen molar-refractivity contribution in [3.8, 4) is 0 Å². The third-order valence-corrected chi connectivity index (χ3v) is 5.48. The standard InChI is InChI=1S/C21H29N5OS.HI/c1-17-16-26(11-12-27-17)20-9-8-18(14-24-20)15-25-21(22-2)23-10-13-28-19-6-4-3-5-7-19;/h3-9,14,17H,10-13,15-16H2,1-2H3,(H2,22,23,25);1H. The normalized spacial score (nSPS) is 16.8. The molecule has 1 fully saturated rings. The molecule has 0 radical (unpaired) electrons. The van der Waals surface area contributed by atoms with Crippen molar-refractivity contribution in [2.75, 3.05) is 43.9 Å². The molecule has 0 saturated carbocycles. The molecular formula is C21H30IN5OS. The van der Waals surface area contributed by atoms with Crippen LogP contribution in [0.5, 0.6) is 0 Å². The van der Waals surface area contributed by atoms with Gasteiger partial charge in [-0.05, 0) is 30.7 Å². The number of rotatable bonds is 7. The van der Waals surface area contributed by atoms with Crippen LogP contribution in [0.3, 0.4) is 0 Å². The molecule has 2 N–H and O–H groups in total. The number of aliphatic imine (C=N–C) groups is 1. The monoisotopic (exact) mass is 527 g/mol. The zero-order chi connectivity index (χ0) is 19.6. The van der Waals surface area contributed by atoms with Crippen LogP contribution in [-0.4, -0.2) is 56.1 Å². The van der Waals surface area contributed by atoms with Crippen molar-refractivity contribution < 1.29 is 4.74 Å². The lowest BCUT2D eigenvalue weighted by molar-refractivity contribution is 0.0529. The van der Waals surface area contributed by atoms with Gasteiger partial charge >= 0.3 is 0 Å². The predicted octanol–water partition coefficient (Wildman–Crippen LogP) is 3.38. The van der Waals surface area contributed by atoms with E-state index in [1.807, 2.05) is 24.0 Å². The Labute approximate surface area is 194 Å². The molecule has 3 rings (SSSR count). The number of hydrogen-bond acceptors (Lipinski definition) is 5. The van der Waals surface area contributed by atoms with E-state index in [-0.39, 0.29) is 30.1 Å². The summed E-state index contributed by atoms with van der Waals surface area (Å²) in [6.07, 6.45) is 2.19. The molecule has 0 spiro atoms. The van der Waals surface area contributed by atoms with Crippen molar-refractivity contribution in [1.29, 1.82) is 0 Å². The summed E-state index contributed by atoms with van der Waals surface area (Å²) in [5, 5.41) is 6.70. The maximum absolute atomic E-state index is 5.59. The molecule has 1 aliphatic rings. The number of pyridine rings is 1. The highest BCUT2D eigenvalue weighted by Gasteiger charge is 2.17. The highest BCUT2D eigenvalue weighted by molar-refractivity contribution is 14.0. The third-order valence-electron chi connectivity index (χ3n) is 4.46. The number of aromatic nitrogens is 1. The number of anilines is 1. The fourth-order valence-corrected chi connectivity index (χ4v) is 3.79. The Morgan fingerprint density at radius 1 is 1.24 bits per heavy atom. The summed E-state index contributed by atoms with van der Waals surface area (Å²) in [5.41, 5.74) is 1.13. The molecule has 2 heterocycles. The van der Waals surface area contributed by atoms with E-state index in [1.165, 1.54) is 4.90 Å². The molecular weight excluding hydrogens is 497 g/mol. The Hall–Kier alpha value is -1.52. The summed E-state index contributed by atoms with van der Waals surface area (Å²) in [6.45, 7) is 6.19. The summed E-state index contributed by atoms with van der Waals surface area (Å²) >= 11 is 1.83. The SMILES string of the molecule is CN=C(NCCSc1ccccc1)NCc1ccc(N2CCOC(C)C2)nc1.I. The first-order valence-corrected chi connectivity index (χ1v) is 10.7. The average molecular weight is 527 g/mol. The van der Waals surface area contributed by atoms with Gasteiger partial charge in [-0.25, -0.2) is 4.98 Å². The number of guanidine groups is 1. The van der Waals surface area contributed by atoms with Crippen molar-refractivity contribution in [3.05, 3.63) is 54.2 Å². The number of ether oxygens (including phenoxy) is 1. The molecule has 1 aliphatic heterocycles. The number of nitrogens with zero attached hydrogens (tertiary/aromatic N) is 3. The van der Waals surface area contributed by atoms with Crippen molar-refractivity contribution in [2.24, 2.45) is 4.99 Å². The molecule has 6 nitrogen and oxygen atoms in total. The van der Waals surface area contributed by atoms with Gasteiger partial charge < -0.3 is 20.3 Å².